The molecule has 2 fully saturated rings. The van der Waals surface area contributed by atoms with E-state index in [1.807, 2.05) is 54.6 Å². The average Bonchev–Trinajstić information content (AvgIpc) is 3.08. The minimum Gasteiger partial charge on any atom is -0.457 e. The number of benzene rings is 2. The lowest BCUT2D eigenvalue weighted by Gasteiger charge is -2.34. The van der Waals surface area contributed by atoms with E-state index in [0.717, 1.165) is 17.1 Å². The summed E-state index contributed by atoms with van der Waals surface area (Å²) in [6.45, 7) is 2.90. The number of imide groups is 1. The van der Waals surface area contributed by atoms with Gasteiger partial charge in [0.1, 0.15) is 11.5 Å². The van der Waals surface area contributed by atoms with E-state index in [9.17, 15) is 14.4 Å². The first-order valence-electron chi connectivity index (χ1n) is 9.96. The number of hydrogen-bond donors (Lipinski definition) is 0. The molecule has 2 aromatic carbocycles. The van der Waals surface area contributed by atoms with E-state index < -0.39 is 17.9 Å². The van der Waals surface area contributed by atoms with Crippen LogP contribution in [-0.2, 0) is 21.0 Å². The molecule has 2 aromatic rings. The maximum atomic E-state index is 12.3. The molecule has 0 N–H and O–H groups in total. The van der Waals surface area contributed by atoms with E-state index in [1.54, 1.807) is 0 Å². The minimum atomic E-state index is -0.661. The maximum Gasteiger partial charge on any atom is 0.434 e. The van der Waals surface area contributed by atoms with Crippen molar-refractivity contribution in [2.75, 3.05) is 26.2 Å². The van der Waals surface area contributed by atoms with Crippen LogP contribution in [0, 0.1) is 0 Å². The minimum absolute atomic E-state index is 0.0877. The van der Waals surface area contributed by atoms with Crippen LogP contribution in [-0.4, -0.2) is 58.9 Å². The number of carbonyl (C=O) groups excluding carboxylic acids is 3. The van der Waals surface area contributed by atoms with Gasteiger partial charge in [-0.15, -0.1) is 5.06 Å². The molecule has 0 aliphatic carbocycles. The van der Waals surface area contributed by atoms with Crippen molar-refractivity contribution in [3.05, 3.63) is 60.2 Å². The fourth-order valence-corrected chi connectivity index (χ4v) is 3.47. The third-order valence-corrected chi connectivity index (χ3v) is 5.14. The molecule has 2 aliphatic rings. The molecule has 0 radical (unpaired) electrons. The third kappa shape index (κ3) is 4.60. The van der Waals surface area contributed by atoms with E-state index >= 15 is 0 Å². The molecule has 30 heavy (non-hydrogen) atoms. The summed E-state index contributed by atoms with van der Waals surface area (Å²) >= 11 is 0. The highest BCUT2D eigenvalue weighted by Crippen LogP contribution is 2.26. The Hall–Kier alpha value is -3.39. The molecular formula is C22H23N3O5. The standard InChI is InChI=1S/C22H23N3O5/c26-20-10-11-21(27)25(20)30-22(28)24-14-12-23(13-15-24)16-17-6-4-5-9-19(17)29-18-7-2-1-3-8-18/h1-9H,10-16H2. The molecule has 0 bridgehead atoms. The second-order valence-corrected chi connectivity index (χ2v) is 7.23. The summed E-state index contributed by atoms with van der Waals surface area (Å²) in [5.41, 5.74) is 1.06. The first kappa shape index (κ1) is 19.9. The van der Waals surface area contributed by atoms with Gasteiger partial charge in [-0.1, -0.05) is 36.4 Å². The number of para-hydroxylation sites is 2. The van der Waals surface area contributed by atoms with Crippen LogP contribution in [0.25, 0.3) is 0 Å². The van der Waals surface area contributed by atoms with Gasteiger partial charge in [0.2, 0.25) is 0 Å². The van der Waals surface area contributed by atoms with Crippen LogP contribution >= 0.6 is 0 Å². The molecule has 156 valence electrons. The average molecular weight is 409 g/mol. The summed E-state index contributed by atoms with van der Waals surface area (Å²) in [5.74, 6) is 0.643. The highest BCUT2D eigenvalue weighted by molar-refractivity contribution is 6.01. The van der Waals surface area contributed by atoms with Crippen molar-refractivity contribution in [1.29, 1.82) is 0 Å². The first-order chi connectivity index (χ1) is 14.6. The number of hydroxylamine groups is 2. The van der Waals surface area contributed by atoms with Gasteiger partial charge in [0.25, 0.3) is 11.8 Å². The van der Waals surface area contributed by atoms with E-state index in [1.165, 1.54) is 4.90 Å². The van der Waals surface area contributed by atoms with Crippen LogP contribution < -0.4 is 4.74 Å². The molecule has 0 saturated carbocycles. The number of piperazine rings is 1. The zero-order valence-corrected chi connectivity index (χ0v) is 16.5. The first-order valence-corrected chi connectivity index (χ1v) is 9.96. The van der Waals surface area contributed by atoms with Crippen molar-refractivity contribution in [3.63, 3.8) is 0 Å². The number of nitrogens with zero attached hydrogens (tertiary/aromatic N) is 3. The predicted octanol–water partition coefficient (Wildman–Crippen LogP) is 2.80. The molecular weight excluding hydrogens is 386 g/mol. The number of rotatable bonds is 5. The Morgan fingerprint density at radius 2 is 1.47 bits per heavy atom. The fraction of sp³-hybridized carbons (Fsp3) is 0.318. The third-order valence-electron chi connectivity index (χ3n) is 5.14. The lowest BCUT2D eigenvalue weighted by atomic mass is 10.1. The summed E-state index contributed by atoms with van der Waals surface area (Å²) in [7, 11) is 0. The summed E-state index contributed by atoms with van der Waals surface area (Å²) in [6.07, 6.45) is -0.486. The quantitative estimate of drug-likeness (QED) is 0.707. The molecule has 3 amide bonds. The van der Waals surface area contributed by atoms with E-state index in [0.29, 0.717) is 37.8 Å². The fourth-order valence-electron chi connectivity index (χ4n) is 3.47. The van der Waals surface area contributed by atoms with E-state index in [-0.39, 0.29) is 12.8 Å². The Balaban J connectivity index is 1.31. The van der Waals surface area contributed by atoms with Crippen molar-refractivity contribution >= 4 is 17.9 Å². The zero-order chi connectivity index (χ0) is 20.9. The molecule has 2 heterocycles. The van der Waals surface area contributed by atoms with Crippen molar-refractivity contribution < 1.29 is 24.0 Å². The molecule has 0 unspecified atom stereocenters. The van der Waals surface area contributed by atoms with Crippen LogP contribution in [0.15, 0.2) is 54.6 Å². The summed E-state index contributed by atoms with van der Waals surface area (Å²) in [4.78, 5) is 44.2. The highest BCUT2D eigenvalue weighted by atomic mass is 16.7. The van der Waals surface area contributed by atoms with E-state index in [2.05, 4.69) is 4.90 Å². The predicted molar refractivity (Wildman–Crippen MR) is 107 cm³/mol. The highest BCUT2D eigenvalue weighted by Gasteiger charge is 2.34. The Labute approximate surface area is 174 Å². The van der Waals surface area contributed by atoms with E-state index in [4.69, 9.17) is 9.57 Å². The summed E-state index contributed by atoms with van der Waals surface area (Å²) in [5, 5.41) is 0.589. The van der Waals surface area contributed by atoms with Crippen LogP contribution in [0.2, 0.25) is 0 Å². The monoisotopic (exact) mass is 409 g/mol. The Kier molecular flexibility index (Phi) is 5.94. The lowest BCUT2D eigenvalue weighted by Crippen LogP contribution is -2.50. The van der Waals surface area contributed by atoms with Gasteiger partial charge in [0, 0.05) is 51.1 Å². The molecule has 0 aromatic heterocycles. The lowest BCUT2D eigenvalue weighted by molar-refractivity contribution is -0.174. The topological polar surface area (TPSA) is 79.4 Å². The van der Waals surface area contributed by atoms with Gasteiger partial charge in [-0.3, -0.25) is 14.5 Å². The van der Waals surface area contributed by atoms with Crippen LogP contribution in [0.4, 0.5) is 4.79 Å². The molecule has 4 rings (SSSR count). The smallest absolute Gasteiger partial charge is 0.434 e. The van der Waals surface area contributed by atoms with Gasteiger partial charge in [-0.2, -0.15) is 0 Å². The Morgan fingerprint density at radius 1 is 0.833 bits per heavy atom. The van der Waals surface area contributed by atoms with Gasteiger partial charge in [0.15, 0.2) is 0 Å². The summed E-state index contributed by atoms with van der Waals surface area (Å²) < 4.78 is 6.02. The van der Waals surface area contributed by atoms with Crippen LogP contribution in [0.5, 0.6) is 11.5 Å². The SMILES string of the molecule is O=C(ON1C(=O)CCC1=O)N1CCN(Cc2ccccc2Oc2ccccc2)CC1. The second kappa shape index (κ2) is 8.96. The number of carbonyl (C=O) groups is 3. The van der Waals surface area contributed by atoms with Gasteiger partial charge < -0.3 is 14.5 Å². The molecule has 2 aliphatic heterocycles. The number of hydrogen-bond acceptors (Lipinski definition) is 6. The van der Waals surface area contributed by atoms with Crippen LogP contribution in [0.3, 0.4) is 0 Å². The molecule has 8 nitrogen and oxygen atoms in total. The Bertz CT molecular complexity index is 909. The molecule has 0 spiro atoms. The Morgan fingerprint density at radius 3 is 2.17 bits per heavy atom. The van der Waals surface area contributed by atoms with Gasteiger partial charge >= 0.3 is 6.09 Å². The largest absolute Gasteiger partial charge is 0.457 e. The number of amides is 3. The molecule has 8 heteroatoms. The number of ether oxygens (including phenoxy) is 1. The van der Waals surface area contributed by atoms with Crippen molar-refractivity contribution in [3.8, 4) is 11.5 Å². The van der Waals surface area contributed by atoms with Gasteiger partial charge in [0.05, 0.1) is 0 Å². The van der Waals surface area contributed by atoms with Crippen molar-refractivity contribution in [2.45, 2.75) is 19.4 Å². The maximum absolute atomic E-state index is 12.3. The zero-order valence-electron chi connectivity index (χ0n) is 16.5. The summed E-state index contributed by atoms with van der Waals surface area (Å²) in [6, 6.07) is 17.5. The van der Waals surface area contributed by atoms with Crippen molar-refractivity contribution in [1.82, 2.24) is 14.9 Å². The molecule has 0 atom stereocenters. The molecule has 2 saturated heterocycles. The normalized spacial score (nSPS) is 17.3. The van der Waals surface area contributed by atoms with Crippen LogP contribution in [0.1, 0.15) is 18.4 Å². The van der Waals surface area contributed by atoms with Gasteiger partial charge in [-0.05, 0) is 18.2 Å². The second-order valence-electron chi connectivity index (χ2n) is 7.23. The van der Waals surface area contributed by atoms with Gasteiger partial charge in [-0.25, -0.2) is 4.79 Å². The van der Waals surface area contributed by atoms with Crippen molar-refractivity contribution in [2.24, 2.45) is 0 Å².